The smallest absolute Gasteiger partial charge is 0.308 e. The third-order valence-electron chi connectivity index (χ3n) is 3.03. The van der Waals surface area contributed by atoms with E-state index >= 15 is 0 Å². The Morgan fingerprint density at radius 3 is 3.16 bits per heavy atom. The summed E-state index contributed by atoms with van der Waals surface area (Å²) in [5.74, 6) is -0.335. The third-order valence-corrected chi connectivity index (χ3v) is 3.29. The summed E-state index contributed by atoms with van der Waals surface area (Å²) in [6.45, 7) is 3.48. The number of aliphatic carboxylic acids is 1. The molecule has 1 aromatic heterocycles. The molecular weight excluding hydrogens is 270 g/mol. The normalized spacial score (nSPS) is 19.3. The number of piperidine rings is 1. The van der Waals surface area contributed by atoms with Crippen LogP contribution in [0.15, 0.2) is 6.20 Å². The SMILES string of the molecule is CCOc1nc(N2CCCC(C(=O)O)C2)ncc1Cl. The second-order valence-corrected chi connectivity index (χ2v) is 4.79. The van der Waals surface area contributed by atoms with Crippen molar-refractivity contribution in [2.75, 3.05) is 24.6 Å². The van der Waals surface area contributed by atoms with E-state index in [0.717, 1.165) is 13.0 Å². The lowest BCUT2D eigenvalue weighted by molar-refractivity contribution is -0.141. The molecule has 1 atom stereocenters. The molecule has 104 valence electrons. The number of hydrogen-bond donors (Lipinski definition) is 1. The van der Waals surface area contributed by atoms with Crippen LogP contribution >= 0.6 is 11.6 Å². The molecule has 0 bridgehead atoms. The van der Waals surface area contributed by atoms with Crippen LogP contribution in [0.2, 0.25) is 5.02 Å². The molecule has 2 heterocycles. The largest absolute Gasteiger partial charge is 0.481 e. The summed E-state index contributed by atoms with van der Waals surface area (Å²) in [6, 6.07) is 0. The number of aromatic nitrogens is 2. The monoisotopic (exact) mass is 285 g/mol. The fourth-order valence-corrected chi connectivity index (χ4v) is 2.24. The van der Waals surface area contributed by atoms with Crippen molar-refractivity contribution in [1.29, 1.82) is 0 Å². The molecule has 0 saturated carbocycles. The van der Waals surface area contributed by atoms with Gasteiger partial charge in [0.2, 0.25) is 11.8 Å². The molecule has 1 unspecified atom stereocenters. The number of carboxylic acids is 1. The van der Waals surface area contributed by atoms with Crippen molar-refractivity contribution in [3.8, 4) is 5.88 Å². The molecule has 0 aliphatic carbocycles. The van der Waals surface area contributed by atoms with E-state index in [1.54, 1.807) is 0 Å². The van der Waals surface area contributed by atoms with Gasteiger partial charge < -0.3 is 14.7 Å². The summed E-state index contributed by atoms with van der Waals surface area (Å²) in [5, 5.41) is 9.43. The fraction of sp³-hybridized carbons (Fsp3) is 0.583. The van der Waals surface area contributed by atoms with E-state index in [2.05, 4.69) is 9.97 Å². The minimum Gasteiger partial charge on any atom is -0.481 e. The highest BCUT2D eigenvalue weighted by Crippen LogP contribution is 2.26. The van der Waals surface area contributed by atoms with Crippen LogP contribution in [-0.2, 0) is 4.79 Å². The van der Waals surface area contributed by atoms with Crippen LogP contribution in [0.3, 0.4) is 0 Å². The van der Waals surface area contributed by atoms with Gasteiger partial charge in [-0.2, -0.15) is 4.98 Å². The van der Waals surface area contributed by atoms with Crippen molar-refractivity contribution < 1.29 is 14.6 Å². The number of rotatable bonds is 4. The zero-order chi connectivity index (χ0) is 13.8. The van der Waals surface area contributed by atoms with Crippen LogP contribution in [0.4, 0.5) is 5.95 Å². The van der Waals surface area contributed by atoms with Crippen molar-refractivity contribution in [3.05, 3.63) is 11.2 Å². The molecule has 19 heavy (non-hydrogen) atoms. The molecule has 1 N–H and O–H groups in total. The van der Waals surface area contributed by atoms with Crippen LogP contribution in [0.1, 0.15) is 19.8 Å². The average molecular weight is 286 g/mol. The van der Waals surface area contributed by atoms with E-state index in [1.165, 1.54) is 6.20 Å². The van der Waals surface area contributed by atoms with Gasteiger partial charge in [-0.25, -0.2) is 4.98 Å². The molecule has 7 heteroatoms. The summed E-state index contributed by atoms with van der Waals surface area (Å²) in [5.41, 5.74) is 0. The van der Waals surface area contributed by atoms with E-state index in [-0.39, 0.29) is 5.92 Å². The zero-order valence-corrected chi connectivity index (χ0v) is 11.4. The van der Waals surface area contributed by atoms with Crippen molar-refractivity contribution in [1.82, 2.24) is 9.97 Å². The van der Waals surface area contributed by atoms with Crippen LogP contribution in [-0.4, -0.2) is 40.7 Å². The number of halogens is 1. The average Bonchev–Trinajstić information content (AvgIpc) is 2.41. The molecule has 0 aromatic carbocycles. The maximum Gasteiger partial charge on any atom is 0.308 e. The Bertz CT molecular complexity index is 470. The summed E-state index contributed by atoms with van der Waals surface area (Å²) >= 11 is 5.93. The number of anilines is 1. The van der Waals surface area contributed by atoms with Gasteiger partial charge in [0.15, 0.2) is 0 Å². The maximum atomic E-state index is 11.0. The second kappa shape index (κ2) is 6.06. The Balaban J connectivity index is 2.16. The highest BCUT2D eigenvalue weighted by Gasteiger charge is 2.27. The number of ether oxygens (including phenoxy) is 1. The fourth-order valence-electron chi connectivity index (χ4n) is 2.09. The number of nitrogens with zero attached hydrogens (tertiary/aromatic N) is 3. The summed E-state index contributed by atoms with van der Waals surface area (Å²) in [6.07, 6.45) is 2.99. The molecule has 1 aliphatic rings. The van der Waals surface area contributed by atoms with Gasteiger partial charge in [0.05, 0.1) is 18.7 Å². The molecule has 1 aromatic rings. The van der Waals surface area contributed by atoms with Gasteiger partial charge in [-0.3, -0.25) is 4.79 Å². The van der Waals surface area contributed by atoms with Crippen molar-refractivity contribution in [3.63, 3.8) is 0 Å². The lowest BCUT2D eigenvalue weighted by Crippen LogP contribution is -2.39. The van der Waals surface area contributed by atoms with Gasteiger partial charge in [0, 0.05) is 13.1 Å². The van der Waals surface area contributed by atoms with Gasteiger partial charge in [-0.15, -0.1) is 0 Å². The van der Waals surface area contributed by atoms with Gasteiger partial charge in [0.1, 0.15) is 5.02 Å². The molecule has 1 fully saturated rings. The van der Waals surface area contributed by atoms with Crippen LogP contribution < -0.4 is 9.64 Å². The van der Waals surface area contributed by atoms with Crippen molar-refractivity contribution >= 4 is 23.5 Å². The van der Waals surface area contributed by atoms with Crippen molar-refractivity contribution in [2.45, 2.75) is 19.8 Å². The lowest BCUT2D eigenvalue weighted by Gasteiger charge is -2.30. The third kappa shape index (κ3) is 3.26. The number of carbonyl (C=O) groups is 1. The Labute approximate surface area is 116 Å². The molecular formula is C12H16ClN3O3. The number of hydrogen-bond acceptors (Lipinski definition) is 5. The van der Waals surface area contributed by atoms with Gasteiger partial charge in [0.25, 0.3) is 0 Å². The first-order valence-electron chi connectivity index (χ1n) is 6.25. The maximum absolute atomic E-state index is 11.0. The zero-order valence-electron chi connectivity index (χ0n) is 10.7. The Kier molecular flexibility index (Phi) is 4.42. The predicted octanol–water partition coefficient (Wildman–Crippen LogP) is 1.83. The van der Waals surface area contributed by atoms with E-state index < -0.39 is 5.97 Å². The summed E-state index contributed by atoms with van der Waals surface area (Å²) < 4.78 is 5.32. The Morgan fingerprint density at radius 2 is 2.47 bits per heavy atom. The first-order valence-corrected chi connectivity index (χ1v) is 6.62. The van der Waals surface area contributed by atoms with E-state index in [4.69, 9.17) is 21.4 Å². The summed E-state index contributed by atoms with van der Waals surface area (Å²) in [4.78, 5) is 21.3. The van der Waals surface area contributed by atoms with Gasteiger partial charge in [-0.05, 0) is 19.8 Å². The highest BCUT2D eigenvalue weighted by molar-refractivity contribution is 6.31. The van der Waals surface area contributed by atoms with Crippen LogP contribution in [0, 0.1) is 5.92 Å². The van der Waals surface area contributed by atoms with E-state index in [0.29, 0.717) is 36.4 Å². The van der Waals surface area contributed by atoms with Crippen LogP contribution in [0.25, 0.3) is 0 Å². The molecule has 6 nitrogen and oxygen atoms in total. The lowest BCUT2D eigenvalue weighted by atomic mass is 9.99. The molecule has 0 radical (unpaired) electrons. The first-order chi connectivity index (χ1) is 9.11. The molecule has 0 amide bonds. The minimum atomic E-state index is -0.774. The standard InChI is InChI=1S/C12H16ClN3O3/c1-2-19-10-9(13)6-14-12(15-10)16-5-3-4-8(7-16)11(17)18/h6,8H,2-5,7H2,1H3,(H,17,18). The molecule has 0 spiro atoms. The predicted molar refractivity (Wildman–Crippen MR) is 70.8 cm³/mol. The first kappa shape index (κ1) is 13.9. The second-order valence-electron chi connectivity index (χ2n) is 4.38. The minimum absolute atomic E-state index is 0.339. The van der Waals surface area contributed by atoms with E-state index in [1.807, 2.05) is 11.8 Å². The Morgan fingerprint density at radius 1 is 1.68 bits per heavy atom. The van der Waals surface area contributed by atoms with Gasteiger partial charge in [-0.1, -0.05) is 11.6 Å². The Hall–Kier alpha value is -1.56. The van der Waals surface area contributed by atoms with Crippen LogP contribution in [0.5, 0.6) is 5.88 Å². The molecule has 1 saturated heterocycles. The quantitative estimate of drug-likeness (QED) is 0.909. The van der Waals surface area contributed by atoms with E-state index in [9.17, 15) is 4.79 Å². The number of carboxylic acid groups (broad SMARTS) is 1. The summed E-state index contributed by atoms with van der Waals surface area (Å²) in [7, 11) is 0. The molecule has 2 rings (SSSR count). The van der Waals surface area contributed by atoms with Gasteiger partial charge >= 0.3 is 5.97 Å². The highest BCUT2D eigenvalue weighted by atomic mass is 35.5. The topological polar surface area (TPSA) is 75.5 Å². The molecule has 1 aliphatic heterocycles. The van der Waals surface area contributed by atoms with Crippen molar-refractivity contribution in [2.24, 2.45) is 5.92 Å².